The maximum atomic E-state index is 12.5. The largest absolute Gasteiger partial charge is 0.351 e. The van der Waals surface area contributed by atoms with Crippen LogP contribution in [0.25, 0.3) is 0 Å². The van der Waals surface area contributed by atoms with Gasteiger partial charge in [-0.3, -0.25) is 4.79 Å². The molecule has 30 heavy (non-hydrogen) atoms. The predicted octanol–water partition coefficient (Wildman–Crippen LogP) is 5.11. The number of nitrogens with one attached hydrogen (secondary N) is 1. The molecule has 2 unspecified atom stereocenters. The first-order valence-corrected chi connectivity index (χ1v) is 11.7. The van der Waals surface area contributed by atoms with Crippen LogP contribution >= 0.6 is 0 Å². The molecule has 4 rings (SSSR count). The van der Waals surface area contributed by atoms with Crippen LogP contribution in [0, 0.1) is 0 Å². The van der Waals surface area contributed by atoms with Crippen molar-refractivity contribution in [3.05, 3.63) is 53.4 Å². The van der Waals surface area contributed by atoms with E-state index in [4.69, 9.17) is 4.52 Å². The van der Waals surface area contributed by atoms with E-state index >= 15 is 0 Å². The Bertz CT molecular complexity index is 798. The molecule has 1 N–H and O–H groups in total. The number of rotatable bonds is 7. The van der Waals surface area contributed by atoms with Crippen molar-refractivity contribution in [2.75, 3.05) is 19.6 Å². The van der Waals surface area contributed by atoms with Gasteiger partial charge in [0.2, 0.25) is 5.76 Å². The summed E-state index contributed by atoms with van der Waals surface area (Å²) in [5.74, 6) is 1.18. The maximum Gasteiger partial charge on any atom is 0.290 e. The first-order valence-electron chi connectivity index (χ1n) is 11.7. The Kier molecular flexibility index (Phi) is 7.21. The number of benzene rings is 1. The molecular weight excluding hydrogens is 374 g/mol. The second-order valence-corrected chi connectivity index (χ2v) is 9.16. The van der Waals surface area contributed by atoms with Crippen LogP contribution in [0.1, 0.15) is 91.9 Å². The minimum Gasteiger partial charge on any atom is -0.351 e. The van der Waals surface area contributed by atoms with Gasteiger partial charge in [0.05, 0.1) is 5.69 Å². The number of carbonyl (C=O) groups is 1. The smallest absolute Gasteiger partial charge is 0.290 e. The molecule has 2 heterocycles. The first kappa shape index (κ1) is 21.1. The SMILES string of the molecule is CC(CCN1CCCC(c2cc(C(=O)NC3CCCCC3)on2)C1)c1ccccc1. The molecule has 5 heteroatoms. The van der Waals surface area contributed by atoms with Crippen LogP contribution in [0.5, 0.6) is 0 Å². The van der Waals surface area contributed by atoms with E-state index in [1.807, 2.05) is 6.07 Å². The molecule has 5 nitrogen and oxygen atoms in total. The minimum atomic E-state index is -0.106. The van der Waals surface area contributed by atoms with Gasteiger partial charge in [-0.1, -0.05) is 61.7 Å². The van der Waals surface area contributed by atoms with E-state index in [1.54, 1.807) is 0 Å². The summed E-state index contributed by atoms with van der Waals surface area (Å²) in [4.78, 5) is 15.1. The first-order chi connectivity index (χ1) is 14.7. The lowest BCUT2D eigenvalue weighted by Gasteiger charge is -2.32. The molecule has 2 aliphatic rings. The number of piperidine rings is 1. The summed E-state index contributed by atoms with van der Waals surface area (Å²) in [5, 5.41) is 7.39. The van der Waals surface area contributed by atoms with Crippen molar-refractivity contribution in [1.82, 2.24) is 15.4 Å². The van der Waals surface area contributed by atoms with Crippen LogP contribution in [0.15, 0.2) is 40.9 Å². The Morgan fingerprint density at radius 3 is 2.77 bits per heavy atom. The summed E-state index contributed by atoms with van der Waals surface area (Å²) >= 11 is 0. The van der Waals surface area contributed by atoms with Crippen molar-refractivity contribution in [3.63, 3.8) is 0 Å². The second kappa shape index (κ2) is 10.3. The summed E-state index contributed by atoms with van der Waals surface area (Å²) < 4.78 is 5.43. The summed E-state index contributed by atoms with van der Waals surface area (Å²) in [6.45, 7) is 5.55. The lowest BCUT2D eigenvalue weighted by Crippen LogP contribution is -2.36. The van der Waals surface area contributed by atoms with Gasteiger partial charge in [-0.25, -0.2) is 0 Å². The van der Waals surface area contributed by atoms with Gasteiger partial charge in [0.1, 0.15) is 0 Å². The summed E-state index contributed by atoms with van der Waals surface area (Å²) in [7, 11) is 0. The summed E-state index contributed by atoms with van der Waals surface area (Å²) in [6.07, 6.45) is 9.27. The van der Waals surface area contributed by atoms with E-state index < -0.39 is 0 Å². The Balaban J connectivity index is 1.28. The Labute approximate surface area is 180 Å². The normalized spacial score (nSPS) is 22.0. The third-order valence-corrected chi connectivity index (χ3v) is 6.86. The highest BCUT2D eigenvalue weighted by Gasteiger charge is 2.26. The number of nitrogens with zero attached hydrogens (tertiary/aromatic N) is 2. The van der Waals surface area contributed by atoms with E-state index in [0.717, 1.165) is 51.0 Å². The Morgan fingerprint density at radius 2 is 1.97 bits per heavy atom. The zero-order valence-corrected chi connectivity index (χ0v) is 18.2. The fraction of sp³-hybridized carbons (Fsp3) is 0.600. The molecule has 2 atom stereocenters. The highest BCUT2D eigenvalue weighted by molar-refractivity contribution is 5.91. The molecule has 1 saturated carbocycles. The number of hydrogen-bond acceptors (Lipinski definition) is 4. The number of hydrogen-bond donors (Lipinski definition) is 1. The Morgan fingerprint density at radius 1 is 1.17 bits per heavy atom. The molecule has 0 spiro atoms. The van der Waals surface area contributed by atoms with Crippen molar-refractivity contribution >= 4 is 5.91 Å². The van der Waals surface area contributed by atoms with E-state index in [-0.39, 0.29) is 11.9 Å². The van der Waals surface area contributed by atoms with Crippen LogP contribution in [-0.2, 0) is 0 Å². The second-order valence-electron chi connectivity index (χ2n) is 9.16. The van der Waals surface area contributed by atoms with E-state index in [9.17, 15) is 4.79 Å². The molecule has 1 saturated heterocycles. The molecule has 0 radical (unpaired) electrons. The van der Waals surface area contributed by atoms with Gasteiger partial charge in [0, 0.05) is 24.6 Å². The fourth-order valence-electron chi connectivity index (χ4n) is 4.92. The van der Waals surface area contributed by atoms with Gasteiger partial charge >= 0.3 is 0 Å². The zero-order chi connectivity index (χ0) is 20.8. The topological polar surface area (TPSA) is 58.4 Å². The number of carbonyl (C=O) groups excluding carboxylic acids is 1. The van der Waals surface area contributed by atoms with Crippen LogP contribution in [0.4, 0.5) is 0 Å². The third kappa shape index (κ3) is 5.51. The number of aromatic nitrogens is 1. The van der Waals surface area contributed by atoms with E-state index in [2.05, 4.69) is 52.6 Å². The van der Waals surface area contributed by atoms with Crippen molar-refractivity contribution in [3.8, 4) is 0 Å². The average molecular weight is 410 g/mol. The van der Waals surface area contributed by atoms with Gasteiger partial charge < -0.3 is 14.7 Å². The standard InChI is InChI=1S/C25H35N3O2/c1-19(20-9-4-2-5-10-20)14-16-28-15-8-11-21(18-28)23-17-24(30-27-23)25(29)26-22-12-6-3-7-13-22/h2,4-5,9-10,17,19,21-22H,3,6-8,11-16,18H2,1H3,(H,26,29). The highest BCUT2D eigenvalue weighted by Crippen LogP contribution is 2.28. The quantitative estimate of drug-likeness (QED) is 0.690. The van der Waals surface area contributed by atoms with Gasteiger partial charge in [0.15, 0.2) is 0 Å². The lowest BCUT2D eigenvalue weighted by molar-refractivity contribution is 0.0890. The van der Waals surface area contributed by atoms with Crippen molar-refractivity contribution in [1.29, 1.82) is 0 Å². The third-order valence-electron chi connectivity index (χ3n) is 6.86. The molecule has 1 aliphatic carbocycles. The Hall–Kier alpha value is -2.14. The zero-order valence-electron chi connectivity index (χ0n) is 18.2. The van der Waals surface area contributed by atoms with Crippen LogP contribution in [-0.4, -0.2) is 41.6 Å². The number of amides is 1. The van der Waals surface area contributed by atoms with Crippen molar-refractivity contribution in [2.45, 2.75) is 76.2 Å². The lowest BCUT2D eigenvalue weighted by atomic mass is 9.93. The van der Waals surface area contributed by atoms with Crippen molar-refractivity contribution in [2.24, 2.45) is 0 Å². The predicted molar refractivity (Wildman–Crippen MR) is 119 cm³/mol. The van der Waals surface area contributed by atoms with Gasteiger partial charge in [-0.15, -0.1) is 0 Å². The average Bonchev–Trinajstić information content (AvgIpc) is 3.30. The minimum absolute atomic E-state index is 0.106. The van der Waals surface area contributed by atoms with Gasteiger partial charge in [-0.2, -0.15) is 0 Å². The van der Waals surface area contributed by atoms with Crippen LogP contribution in [0.2, 0.25) is 0 Å². The molecule has 1 aliphatic heterocycles. The molecule has 2 fully saturated rings. The summed E-state index contributed by atoms with van der Waals surface area (Å²) in [6, 6.07) is 12.9. The molecule has 0 bridgehead atoms. The molecule has 1 amide bonds. The maximum absolute atomic E-state index is 12.5. The van der Waals surface area contributed by atoms with Gasteiger partial charge in [0.25, 0.3) is 5.91 Å². The summed E-state index contributed by atoms with van der Waals surface area (Å²) in [5.41, 5.74) is 2.35. The fourth-order valence-corrected chi connectivity index (χ4v) is 4.92. The molecular formula is C25H35N3O2. The van der Waals surface area contributed by atoms with E-state index in [0.29, 0.717) is 17.6 Å². The monoisotopic (exact) mass is 409 g/mol. The van der Waals surface area contributed by atoms with Crippen LogP contribution in [0.3, 0.4) is 0 Å². The molecule has 1 aromatic carbocycles. The van der Waals surface area contributed by atoms with Crippen LogP contribution < -0.4 is 5.32 Å². The molecule has 2 aromatic rings. The number of likely N-dealkylation sites (tertiary alicyclic amines) is 1. The molecule has 1 aromatic heterocycles. The van der Waals surface area contributed by atoms with Gasteiger partial charge in [-0.05, 0) is 56.7 Å². The molecule has 162 valence electrons. The van der Waals surface area contributed by atoms with E-state index in [1.165, 1.54) is 31.2 Å². The van der Waals surface area contributed by atoms with Crippen molar-refractivity contribution < 1.29 is 9.32 Å². The highest BCUT2D eigenvalue weighted by atomic mass is 16.5.